The minimum atomic E-state index is -0.122. The first-order chi connectivity index (χ1) is 12.6. The Balaban J connectivity index is 1.80. The molecule has 3 aromatic rings. The third-order valence-corrected chi connectivity index (χ3v) is 4.62. The zero-order valence-corrected chi connectivity index (χ0v) is 14.9. The van der Waals surface area contributed by atoms with Gasteiger partial charge in [-0.2, -0.15) is 0 Å². The van der Waals surface area contributed by atoms with Crippen LogP contribution in [0.1, 0.15) is 22.8 Å². The highest BCUT2D eigenvalue weighted by molar-refractivity contribution is 6.15. The lowest BCUT2D eigenvalue weighted by molar-refractivity contribution is 0.101. The summed E-state index contributed by atoms with van der Waals surface area (Å²) in [4.78, 5) is 12.7. The van der Waals surface area contributed by atoms with E-state index < -0.39 is 0 Å². The summed E-state index contributed by atoms with van der Waals surface area (Å²) in [6, 6.07) is 11.2. The van der Waals surface area contributed by atoms with Crippen LogP contribution in [0.5, 0.6) is 17.2 Å². The first-order valence-corrected chi connectivity index (χ1v) is 8.43. The molecule has 5 heteroatoms. The van der Waals surface area contributed by atoms with Crippen LogP contribution in [0.2, 0.25) is 0 Å². The molecule has 2 heterocycles. The molecular formula is C21H19NO4. The van der Waals surface area contributed by atoms with E-state index in [-0.39, 0.29) is 5.78 Å². The van der Waals surface area contributed by atoms with E-state index in [1.54, 1.807) is 38.5 Å². The Morgan fingerprint density at radius 2 is 1.81 bits per heavy atom. The van der Waals surface area contributed by atoms with Gasteiger partial charge in [0.2, 0.25) is 5.78 Å². The fourth-order valence-electron chi connectivity index (χ4n) is 3.24. The summed E-state index contributed by atoms with van der Waals surface area (Å²) < 4.78 is 18.5. The van der Waals surface area contributed by atoms with Gasteiger partial charge in [-0.05, 0) is 43.3 Å². The number of hydrogen-bond acceptors (Lipinski definition) is 4. The molecule has 26 heavy (non-hydrogen) atoms. The zero-order valence-electron chi connectivity index (χ0n) is 14.9. The zero-order chi connectivity index (χ0) is 18.3. The Kier molecular flexibility index (Phi) is 3.92. The van der Waals surface area contributed by atoms with Crippen LogP contribution in [0.15, 0.2) is 48.4 Å². The first-order valence-electron chi connectivity index (χ1n) is 8.43. The van der Waals surface area contributed by atoms with Crippen molar-refractivity contribution in [2.75, 3.05) is 14.2 Å². The second kappa shape index (κ2) is 6.26. The Morgan fingerprint density at radius 1 is 1.08 bits per heavy atom. The van der Waals surface area contributed by atoms with E-state index >= 15 is 0 Å². The molecule has 0 radical (unpaired) electrons. The van der Waals surface area contributed by atoms with Gasteiger partial charge in [0.05, 0.1) is 19.8 Å². The molecule has 1 aromatic heterocycles. The molecule has 1 aliphatic heterocycles. The van der Waals surface area contributed by atoms with Gasteiger partial charge in [-0.1, -0.05) is 0 Å². The molecule has 0 saturated heterocycles. The van der Waals surface area contributed by atoms with Crippen molar-refractivity contribution in [1.82, 2.24) is 4.57 Å². The summed E-state index contributed by atoms with van der Waals surface area (Å²) in [7, 11) is 3.23. The molecule has 2 aromatic carbocycles. The fourth-order valence-corrected chi connectivity index (χ4v) is 3.24. The van der Waals surface area contributed by atoms with Crippen LogP contribution in [0, 0.1) is 0 Å². The van der Waals surface area contributed by atoms with Crippen LogP contribution in [0.4, 0.5) is 0 Å². The van der Waals surface area contributed by atoms with Gasteiger partial charge in [-0.3, -0.25) is 4.79 Å². The number of ketones is 1. The van der Waals surface area contributed by atoms with Crippen molar-refractivity contribution >= 4 is 22.8 Å². The monoisotopic (exact) mass is 349 g/mol. The van der Waals surface area contributed by atoms with E-state index in [9.17, 15) is 4.79 Å². The second-order valence-corrected chi connectivity index (χ2v) is 6.06. The standard InChI is InChI=1S/C21H19NO4/c1-4-22-12-13(17-10-14(24-2)6-8-18(17)22)9-20-21(23)16-7-5-15(25-3)11-19(16)26-20/h5-12H,4H2,1-3H3/b20-9-. The van der Waals surface area contributed by atoms with E-state index in [0.717, 1.165) is 28.8 Å². The average molecular weight is 349 g/mol. The van der Waals surface area contributed by atoms with Gasteiger partial charge in [0, 0.05) is 35.3 Å². The van der Waals surface area contributed by atoms with Crippen molar-refractivity contribution in [3.05, 3.63) is 59.5 Å². The maximum absolute atomic E-state index is 12.7. The molecule has 1 aliphatic rings. The molecule has 0 aliphatic carbocycles. The van der Waals surface area contributed by atoms with Crippen molar-refractivity contribution in [1.29, 1.82) is 0 Å². The maximum Gasteiger partial charge on any atom is 0.231 e. The molecule has 0 unspecified atom stereocenters. The lowest BCUT2D eigenvalue weighted by atomic mass is 10.1. The number of carbonyl (C=O) groups excluding carboxylic acids is 1. The number of aryl methyl sites for hydroxylation is 1. The van der Waals surface area contributed by atoms with Gasteiger partial charge in [-0.15, -0.1) is 0 Å². The normalized spacial score (nSPS) is 14.6. The Bertz CT molecular complexity index is 1050. The first kappa shape index (κ1) is 16.3. The Hall–Kier alpha value is -3.21. The SMILES string of the molecule is CCn1cc(/C=C2\Oc3cc(OC)ccc3C2=O)c2cc(OC)ccc21. The number of methoxy groups -OCH3 is 2. The molecule has 0 bridgehead atoms. The molecular weight excluding hydrogens is 330 g/mol. The van der Waals surface area contributed by atoms with Gasteiger partial charge < -0.3 is 18.8 Å². The summed E-state index contributed by atoms with van der Waals surface area (Å²) in [5.41, 5.74) is 2.56. The summed E-state index contributed by atoms with van der Waals surface area (Å²) in [6.45, 7) is 2.91. The number of Topliss-reactive ketones (excluding diaryl/α,β-unsaturated/α-hetero) is 1. The largest absolute Gasteiger partial charge is 0.497 e. The highest BCUT2D eigenvalue weighted by atomic mass is 16.5. The molecule has 0 atom stereocenters. The smallest absolute Gasteiger partial charge is 0.231 e. The van der Waals surface area contributed by atoms with Crippen molar-refractivity contribution in [3.63, 3.8) is 0 Å². The number of nitrogens with zero attached hydrogens (tertiary/aromatic N) is 1. The minimum absolute atomic E-state index is 0.122. The van der Waals surface area contributed by atoms with E-state index in [2.05, 4.69) is 11.5 Å². The van der Waals surface area contributed by atoms with E-state index in [1.165, 1.54) is 0 Å². The van der Waals surface area contributed by atoms with Crippen LogP contribution < -0.4 is 14.2 Å². The van der Waals surface area contributed by atoms with E-state index in [4.69, 9.17) is 14.2 Å². The van der Waals surface area contributed by atoms with E-state index in [0.29, 0.717) is 22.8 Å². The molecule has 5 nitrogen and oxygen atoms in total. The predicted octanol–water partition coefficient (Wildman–Crippen LogP) is 4.29. The molecule has 0 N–H and O–H groups in total. The minimum Gasteiger partial charge on any atom is -0.497 e. The fraction of sp³-hybridized carbons (Fsp3) is 0.190. The van der Waals surface area contributed by atoms with Gasteiger partial charge in [-0.25, -0.2) is 0 Å². The quantitative estimate of drug-likeness (QED) is 0.659. The van der Waals surface area contributed by atoms with Gasteiger partial charge in [0.1, 0.15) is 17.2 Å². The molecule has 4 rings (SSSR count). The second-order valence-electron chi connectivity index (χ2n) is 6.06. The van der Waals surface area contributed by atoms with E-state index in [1.807, 2.05) is 24.4 Å². The van der Waals surface area contributed by atoms with Crippen molar-refractivity contribution in [2.45, 2.75) is 13.5 Å². The maximum atomic E-state index is 12.7. The molecule has 132 valence electrons. The number of rotatable bonds is 4. The van der Waals surface area contributed by atoms with Crippen molar-refractivity contribution in [3.8, 4) is 17.2 Å². The van der Waals surface area contributed by atoms with Crippen LogP contribution >= 0.6 is 0 Å². The van der Waals surface area contributed by atoms with Crippen molar-refractivity contribution < 1.29 is 19.0 Å². The number of allylic oxidation sites excluding steroid dienone is 1. The van der Waals surface area contributed by atoms with Gasteiger partial charge in [0.15, 0.2) is 5.76 Å². The number of aromatic nitrogens is 1. The third kappa shape index (κ3) is 2.52. The molecule has 0 saturated carbocycles. The highest BCUT2D eigenvalue weighted by Gasteiger charge is 2.28. The Labute approximate surface area is 151 Å². The lowest BCUT2D eigenvalue weighted by Gasteiger charge is -2.02. The summed E-state index contributed by atoms with van der Waals surface area (Å²) in [5, 5.41) is 1.02. The topological polar surface area (TPSA) is 49.7 Å². The lowest BCUT2D eigenvalue weighted by Crippen LogP contribution is -1.97. The van der Waals surface area contributed by atoms with Gasteiger partial charge in [0.25, 0.3) is 0 Å². The molecule has 0 spiro atoms. The summed E-state index contributed by atoms with van der Waals surface area (Å²) in [5.74, 6) is 2.15. The van der Waals surface area contributed by atoms with Crippen LogP contribution in [0.3, 0.4) is 0 Å². The van der Waals surface area contributed by atoms with Crippen molar-refractivity contribution in [2.24, 2.45) is 0 Å². The third-order valence-electron chi connectivity index (χ3n) is 4.62. The average Bonchev–Trinajstić information content (AvgIpc) is 3.18. The summed E-state index contributed by atoms with van der Waals surface area (Å²) >= 11 is 0. The summed E-state index contributed by atoms with van der Waals surface area (Å²) in [6.07, 6.45) is 3.82. The van der Waals surface area contributed by atoms with Gasteiger partial charge >= 0.3 is 0 Å². The number of carbonyl (C=O) groups is 1. The Morgan fingerprint density at radius 3 is 2.54 bits per heavy atom. The van der Waals surface area contributed by atoms with Crippen LogP contribution in [0.25, 0.3) is 17.0 Å². The highest BCUT2D eigenvalue weighted by Crippen LogP contribution is 2.36. The number of hydrogen-bond donors (Lipinski definition) is 0. The van der Waals surface area contributed by atoms with Crippen LogP contribution in [-0.2, 0) is 6.54 Å². The number of ether oxygens (including phenoxy) is 3. The molecule has 0 fully saturated rings. The predicted molar refractivity (Wildman–Crippen MR) is 100 cm³/mol. The number of fused-ring (bicyclic) bond motifs is 2. The van der Waals surface area contributed by atoms with Crippen LogP contribution in [-0.4, -0.2) is 24.6 Å². The number of benzene rings is 2. The molecule has 0 amide bonds.